The maximum Gasteiger partial charge on any atom is 0.250 e. The summed E-state index contributed by atoms with van der Waals surface area (Å²) in [5.41, 5.74) is 6.55. The predicted molar refractivity (Wildman–Crippen MR) is 218 cm³/mol. The van der Waals surface area contributed by atoms with Crippen LogP contribution in [-0.4, -0.2) is 60.3 Å². The molecule has 8 rings (SSSR count). The summed E-state index contributed by atoms with van der Waals surface area (Å²) in [6, 6.07) is 46.7. The summed E-state index contributed by atoms with van der Waals surface area (Å²) in [6.07, 6.45) is 3.56. The van der Waals surface area contributed by atoms with Gasteiger partial charge in [-0.25, -0.2) is 27.5 Å². The number of nitrogens with zero attached hydrogens (tertiary/aromatic N) is 5. The highest BCUT2D eigenvalue weighted by molar-refractivity contribution is 7.91. The summed E-state index contributed by atoms with van der Waals surface area (Å²) in [4.78, 5) is 11.8. The molecular formula is C44H37FN6O2S2. The molecule has 0 saturated heterocycles. The number of sulfonamides is 1. The number of aromatic nitrogens is 4. The lowest BCUT2D eigenvalue weighted by Gasteiger charge is -2.36. The van der Waals surface area contributed by atoms with Crippen molar-refractivity contribution in [1.82, 2.24) is 29.4 Å². The molecular weight excluding hydrogens is 728 g/mol. The Morgan fingerprint density at radius 2 is 1.33 bits per heavy atom. The van der Waals surface area contributed by atoms with Crippen LogP contribution in [0.25, 0.3) is 43.9 Å². The molecule has 0 aliphatic carbocycles. The normalized spacial score (nSPS) is 12.1. The molecule has 0 radical (unpaired) electrons. The summed E-state index contributed by atoms with van der Waals surface area (Å²) in [5.74, 6) is -0.338. The van der Waals surface area contributed by atoms with Crippen LogP contribution in [0.2, 0.25) is 0 Å². The fourth-order valence-electron chi connectivity index (χ4n) is 7.00. The lowest BCUT2D eigenvalue weighted by atomic mass is 9.77. The van der Waals surface area contributed by atoms with Crippen LogP contribution in [0.3, 0.4) is 0 Å². The minimum atomic E-state index is -3.71. The second-order valence-electron chi connectivity index (χ2n) is 13.4. The van der Waals surface area contributed by atoms with Gasteiger partial charge in [0.05, 0.1) is 16.1 Å². The highest BCUT2D eigenvalue weighted by Crippen LogP contribution is 2.44. The van der Waals surface area contributed by atoms with Gasteiger partial charge in [0.25, 0.3) is 0 Å². The van der Waals surface area contributed by atoms with Gasteiger partial charge in [-0.1, -0.05) is 97.1 Å². The number of nitrogens with one attached hydrogen (secondary N) is 1. The van der Waals surface area contributed by atoms with Gasteiger partial charge in [0, 0.05) is 35.8 Å². The van der Waals surface area contributed by atoms with Crippen molar-refractivity contribution in [3.63, 3.8) is 0 Å². The van der Waals surface area contributed by atoms with Crippen LogP contribution in [0.4, 0.5) is 4.39 Å². The third kappa shape index (κ3) is 6.99. The molecule has 0 amide bonds. The van der Waals surface area contributed by atoms with Crippen molar-refractivity contribution < 1.29 is 12.8 Å². The molecule has 8 aromatic rings. The number of hydrogen-bond acceptors (Lipinski definition) is 7. The molecule has 3 heterocycles. The first-order chi connectivity index (χ1) is 26.7. The Labute approximate surface area is 323 Å². The van der Waals surface area contributed by atoms with Crippen LogP contribution in [0.5, 0.6) is 0 Å². The van der Waals surface area contributed by atoms with Gasteiger partial charge in [-0.2, -0.15) is 5.10 Å². The third-order valence-corrected chi connectivity index (χ3v) is 12.7. The Kier molecular flexibility index (Phi) is 9.93. The van der Waals surface area contributed by atoms with Crippen molar-refractivity contribution in [2.24, 2.45) is 0 Å². The molecule has 0 atom stereocenters. The quantitative estimate of drug-likeness (QED) is 0.125. The largest absolute Gasteiger partial charge is 0.308 e. The number of thiophene rings is 1. The van der Waals surface area contributed by atoms with E-state index in [4.69, 9.17) is 5.10 Å². The molecule has 0 saturated carbocycles. The van der Waals surface area contributed by atoms with E-state index >= 15 is 0 Å². The van der Waals surface area contributed by atoms with Crippen LogP contribution in [-0.2, 0) is 15.6 Å². The standard InChI is InChI=1S/C44H37FN6O2S2/c1-50(2)27-26-48-55(52,53)41-25-24-40(54-41)43-37-28-32(20-23-39(37)46-30-47-43)38-29-51(49-42(38)31-18-21-36(45)22-19-31)44(33-12-6-3-7-13-33,34-14-8-4-9-15-34)35-16-10-5-11-17-35/h3-25,28-30,48H,26-27H2,1-2H3. The minimum absolute atomic E-state index is 0.211. The monoisotopic (exact) mass is 764 g/mol. The average molecular weight is 765 g/mol. The van der Waals surface area contributed by atoms with Crippen LogP contribution < -0.4 is 4.72 Å². The Balaban J connectivity index is 1.33. The molecule has 55 heavy (non-hydrogen) atoms. The van der Waals surface area contributed by atoms with Crippen LogP contribution in [0, 0.1) is 5.82 Å². The first kappa shape index (κ1) is 36.1. The Hall–Kier alpha value is -5.85. The number of hydrogen-bond donors (Lipinski definition) is 1. The zero-order valence-corrected chi connectivity index (χ0v) is 31.8. The second kappa shape index (κ2) is 15.1. The van der Waals surface area contributed by atoms with Gasteiger partial charge in [0.2, 0.25) is 10.0 Å². The fraction of sp³-hybridized carbons (Fsp3) is 0.114. The lowest BCUT2D eigenvalue weighted by molar-refractivity contribution is 0.412. The van der Waals surface area contributed by atoms with Crippen molar-refractivity contribution >= 4 is 32.3 Å². The van der Waals surface area contributed by atoms with E-state index in [1.165, 1.54) is 18.5 Å². The third-order valence-electron chi connectivity index (χ3n) is 9.63. The van der Waals surface area contributed by atoms with E-state index < -0.39 is 15.6 Å². The molecule has 274 valence electrons. The van der Waals surface area contributed by atoms with E-state index in [-0.39, 0.29) is 10.0 Å². The second-order valence-corrected chi connectivity index (χ2v) is 16.5. The molecule has 0 aliphatic rings. The molecule has 0 bridgehead atoms. The van der Waals surface area contributed by atoms with Gasteiger partial charge in [0.1, 0.15) is 27.6 Å². The fourth-order valence-corrected chi connectivity index (χ4v) is 9.38. The predicted octanol–water partition coefficient (Wildman–Crippen LogP) is 8.71. The lowest BCUT2D eigenvalue weighted by Crippen LogP contribution is -2.38. The molecule has 0 fully saturated rings. The first-order valence-electron chi connectivity index (χ1n) is 17.8. The molecule has 3 aromatic heterocycles. The maximum absolute atomic E-state index is 14.4. The van der Waals surface area contributed by atoms with Gasteiger partial charge >= 0.3 is 0 Å². The summed E-state index contributed by atoms with van der Waals surface area (Å²) < 4.78 is 45.6. The molecule has 0 spiro atoms. The van der Waals surface area contributed by atoms with Gasteiger partial charge < -0.3 is 4.90 Å². The topological polar surface area (TPSA) is 93.0 Å². The van der Waals surface area contributed by atoms with Crippen molar-refractivity contribution in [2.75, 3.05) is 27.2 Å². The molecule has 0 unspecified atom stereocenters. The Bertz CT molecular complexity index is 2590. The smallest absolute Gasteiger partial charge is 0.250 e. The number of fused-ring (bicyclic) bond motifs is 1. The SMILES string of the molecule is CN(C)CCNS(=O)(=O)c1ccc(-c2ncnc3ccc(-c4cn(C(c5ccccc5)(c5ccccc5)c5ccccc5)nc4-c4ccc(F)cc4)cc23)s1. The van der Waals surface area contributed by atoms with Gasteiger partial charge in [-0.05, 0) is 84.9 Å². The number of benzene rings is 5. The van der Waals surface area contributed by atoms with E-state index in [0.29, 0.717) is 34.9 Å². The first-order valence-corrected chi connectivity index (χ1v) is 20.1. The van der Waals surface area contributed by atoms with Gasteiger partial charge in [-0.3, -0.25) is 4.68 Å². The average Bonchev–Trinajstić information content (AvgIpc) is 3.89. The minimum Gasteiger partial charge on any atom is -0.308 e. The molecule has 8 nitrogen and oxygen atoms in total. The van der Waals surface area contributed by atoms with Crippen molar-refractivity contribution in [2.45, 2.75) is 9.75 Å². The van der Waals surface area contributed by atoms with Gasteiger partial charge in [0.15, 0.2) is 0 Å². The van der Waals surface area contributed by atoms with Crippen LogP contribution >= 0.6 is 11.3 Å². The number of likely N-dealkylation sites (N-methyl/N-ethyl adjacent to an activating group) is 1. The van der Waals surface area contributed by atoms with Crippen molar-refractivity contribution in [1.29, 1.82) is 0 Å². The number of rotatable bonds is 12. The Morgan fingerprint density at radius 3 is 1.93 bits per heavy atom. The summed E-state index contributed by atoms with van der Waals surface area (Å²) in [5, 5.41) is 6.16. The maximum atomic E-state index is 14.4. The van der Waals surface area contributed by atoms with E-state index in [1.54, 1.807) is 24.3 Å². The van der Waals surface area contributed by atoms with Crippen molar-refractivity contribution in [3.05, 3.63) is 181 Å². The molecule has 5 aromatic carbocycles. The molecule has 0 aliphatic heterocycles. The summed E-state index contributed by atoms with van der Waals surface area (Å²) in [7, 11) is 0.0832. The van der Waals surface area contributed by atoms with Gasteiger partial charge in [-0.15, -0.1) is 11.3 Å². The van der Waals surface area contributed by atoms with E-state index in [0.717, 1.165) is 50.1 Å². The van der Waals surface area contributed by atoms with E-state index in [9.17, 15) is 12.8 Å². The van der Waals surface area contributed by atoms with Crippen molar-refractivity contribution in [3.8, 4) is 33.0 Å². The molecule has 1 N–H and O–H groups in total. The Morgan fingerprint density at radius 1 is 0.727 bits per heavy atom. The highest BCUT2D eigenvalue weighted by Gasteiger charge is 2.40. The van der Waals surface area contributed by atoms with E-state index in [1.807, 2.05) is 96.5 Å². The van der Waals surface area contributed by atoms with Crippen LogP contribution in [0.15, 0.2) is 162 Å². The number of halogens is 1. The zero-order chi connectivity index (χ0) is 38.0. The van der Waals surface area contributed by atoms with E-state index in [2.05, 4.69) is 57.3 Å². The van der Waals surface area contributed by atoms with Crippen LogP contribution in [0.1, 0.15) is 16.7 Å². The zero-order valence-electron chi connectivity index (χ0n) is 30.2. The summed E-state index contributed by atoms with van der Waals surface area (Å²) >= 11 is 1.16. The highest BCUT2D eigenvalue weighted by atomic mass is 32.2. The molecule has 11 heteroatoms. The summed E-state index contributed by atoms with van der Waals surface area (Å²) in [6.45, 7) is 0.878.